The average Bonchev–Trinajstić information content (AvgIpc) is 2.65. The molecule has 0 heterocycles. The standard InChI is InChI=1S/C22H28N2O2/c1-17(2)15-23-22(26)18(3)24(16-20-12-8-5-9-13-20)21(25)14-19-10-6-4-7-11-19/h4-13,17-18H,14-16H2,1-3H3,(H,23,26)/t18-/m0/s1. The largest absolute Gasteiger partial charge is 0.354 e. The van der Waals surface area contributed by atoms with E-state index in [-0.39, 0.29) is 18.2 Å². The minimum atomic E-state index is -0.523. The van der Waals surface area contributed by atoms with Crippen molar-refractivity contribution in [1.29, 1.82) is 0 Å². The summed E-state index contributed by atoms with van der Waals surface area (Å²) in [5, 5.41) is 2.93. The molecule has 0 aliphatic carbocycles. The summed E-state index contributed by atoms with van der Waals surface area (Å²) in [6.45, 7) is 6.92. The predicted octanol–water partition coefficient (Wildman–Crippen LogP) is 3.42. The Kier molecular flexibility index (Phi) is 7.39. The van der Waals surface area contributed by atoms with Crippen molar-refractivity contribution in [3.05, 3.63) is 71.8 Å². The minimum absolute atomic E-state index is 0.0488. The van der Waals surface area contributed by atoms with Crippen molar-refractivity contribution >= 4 is 11.8 Å². The van der Waals surface area contributed by atoms with Crippen molar-refractivity contribution in [3.63, 3.8) is 0 Å². The Morgan fingerprint density at radius 2 is 1.42 bits per heavy atom. The zero-order valence-electron chi connectivity index (χ0n) is 15.8. The van der Waals surface area contributed by atoms with Crippen molar-refractivity contribution in [3.8, 4) is 0 Å². The van der Waals surface area contributed by atoms with E-state index in [1.807, 2.05) is 74.5 Å². The van der Waals surface area contributed by atoms with E-state index in [9.17, 15) is 9.59 Å². The van der Waals surface area contributed by atoms with Crippen molar-refractivity contribution in [2.45, 2.75) is 39.8 Å². The first kappa shape index (κ1) is 19.7. The summed E-state index contributed by atoms with van der Waals surface area (Å²) in [5.74, 6) is 0.206. The molecular weight excluding hydrogens is 324 g/mol. The van der Waals surface area contributed by atoms with Gasteiger partial charge < -0.3 is 10.2 Å². The number of nitrogens with one attached hydrogen (secondary N) is 1. The lowest BCUT2D eigenvalue weighted by atomic mass is 10.1. The lowest BCUT2D eigenvalue weighted by Crippen LogP contribution is -2.48. The van der Waals surface area contributed by atoms with Gasteiger partial charge in [0.05, 0.1) is 6.42 Å². The zero-order valence-corrected chi connectivity index (χ0v) is 15.8. The molecule has 1 atom stereocenters. The summed E-state index contributed by atoms with van der Waals surface area (Å²) in [6, 6.07) is 18.9. The molecule has 0 spiro atoms. The molecule has 0 aliphatic heterocycles. The highest BCUT2D eigenvalue weighted by Gasteiger charge is 2.26. The molecule has 0 saturated heterocycles. The fourth-order valence-corrected chi connectivity index (χ4v) is 2.69. The molecule has 0 bridgehead atoms. The summed E-state index contributed by atoms with van der Waals surface area (Å²) in [4.78, 5) is 27.1. The first-order valence-electron chi connectivity index (χ1n) is 9.12. The van der Waals surface area contributed by atoms with Gasteiger partial charge in [0.15, 0.2) is 0 Å². The van der Waals surface area contributed by atoms with Gasteiger partial charge >= 0.3 is 0 Å². The summed E-state index contributed by atoms with van der Waals surface area (Å²) >= 11 is 0. The summed E-state index contributed by atoms with van der Waals surface area (Å²) in [5.41, 5.74) is 1.96. The first-order valence-corrected chi connectivity index (χ1v) is 9.12. The Bertz CT molecular complexity index is 699. The Morgan fingerprint density at radius 3 is 1.96 bits per heavy atom. The molecule has 0 aliphatic rings. The maximum Gasteiger partial charge on any atom is 0.242 e. The van der Waals surface area contributed by atoms with E-state index < -0.39 is 6.04 Å². The van der Waals surface area contributed by atoms with Crippen LogP contribution in [0, 0.1) is 5.92 Å². The van der Waals surface area contributed by atoms with Crippen LogP contribution in [-0.2, 0) is 22.6 Å². The number of rotatable bonds is 8. The van der Waals surface area contributed by atoms with Crippen LogP contribution in [0.4, 0.5) is 0 Å². The van der Waals surface area contributed by atoms with E-state index >= 15 is 0 Å². The lowest BCUT2D eigenvalue weighted by molar-refractivity contribution is -0.140. The molecule has 0 fully saturated rings. The number of hydrogen-bond donors (Lipinski definition) is 1. The van der Waals surface area contributed by atoms with Gasteiger partial charge in [0.25, 0.3) is 0 Å². The first-order chi connectivity index (χ1) is 12.5. The number of nitrogens with zero attached hydrogens (tertiary/aromatic N) is 1. The van der Waals surface area contributed by atoms with Crippen molar-refractivity contribution in [2.24, 2.45) is 5.92 Å². The van der Waals surface area contributed by atoms with E-state index in [4.69, 9.17) is 0 Å². The Balaban J connectivity index is 2.14. The molecular formula is C22H28N2O2. The van der Waals surface area contributed by atoms with Gasteiger partial charge in [-0.2, -0.15) is 0 Å². The second-order valence-electron chi connectivity index (χ2n) is 6.98. The van der Waals surface area contributed by atoms with Gasteiger partial charge in [-0.1, -0.05) is 74.5 Å². The highest BCUT2D eigenvalue weighted by atomic mass is 16.2. The third kappa shape index (κ3) is 6.03. The van der Waals surface area contributed by atoms with Crippen molar-refractivity contribution in [1.82, 2.24) is 10.2 Å². The van der Waals surface area contributed by atoms with Gasteiger partial charge in [-0.25, -0.2) is 0 Å². The molecule has 0 saturated carbocycles. The fourth-order valence-electron chi connectivity index (χ4n) is 2.69. The van der Waals surface area contributed by atoms with Crippen LogP contribution >= 0.6 is 0 Å². The number of amides is 2. The number of carbonyl (C=O) groups excluding carboxylic acids is 2. The van der Waals surface area contributed by atoms with Gasteiger partial charge in [-0.3, -0.25) is 9.59 Å². The van der Waals surface area contributed by atoms with Gasteiger partial charge in [-0.05, 0) is 24.0 Å². The average molecular weight is 352 g/mol. The third-order valence-corrected chi connectivity index (χ3v) is 4.25. The van der Waals surface area contributed by atoms with Crippen LogP contribution < -0.4 is 5.32 Å². The fraction of sp³-hybridized carbons (Fsp3) is 0.364. The van der Waals surface area contributed by atoms with Crippen LogP contribution in [0.2, 0.25) is 0 Å². The van der Waals surface area contributed by atoms with E-state index in [1.54, 1.807) is 11.8 Å². The van der Waals surface area contributed by atoms with Crippen LogP contribution in [0.15, 0.2) is 60.7 Å². The molecule has 0 radical (unpaired) electrons. The molecule has 0 aromatic heterocycles. The SMILES string of the molecule is CC(C)CNC(=O)[C@H](C)N(Cc1ccccc1)C(=O)Cc1ccccc1. The predicted molar refractivity (Wildman–Crippen MR) is 104 cm³/mol. The molecule has 2 aromatic rings. The van der Waals surface area contributed by atoms with Crippen LogP contribution in [0.1, 0.15) is 31.9 Å². The van der Waals surface area contributed by atoms with E-state index in [2.05, 4.69) is 5.32 Å². The molecule has 138 valence electrons. The molecule has 1 N–H and O–H groups in total. The number of hydrogen-bond acceptors (Lipinski definition) is 2. The van der Waals surface area contributed by atoms with Crippen LogP contribution in [0.3, 0.4) is 0 Å². The van der Waals surface area contributed by atoms with E-state index in [0.29, 0.717) is 19.0 Å². The van der Waals surface area contributed by atoms with Crippen LogP contribution in [-0.4, -0.2) is 29.3 Å². The maximum absolute atomic E-state index is 12.9. The molecule has 2 rings (SSSR count). The normalized spacial score (nSPS) is 11.8. The third-order valence-electron chi connectivity index (χ3n) is 4.25. The van der Waals surface area contributed by atoms with Crippen molar-refractivity contribution in [2.75, 3.05) is 6.54 Å². The maximum atomic E-state index is 12.9. The molecule has 4 nitrogen and oxygen atoms in total. The van der Waals surface area contributed by atoms with Gasteiger partial charge in [0.1, 0.15) is 6.04 Å². The van der Waals surface area contributed by atoms with E-state index in [0.717, 1.165) is 11.1 Å². The monoisotopic (exact) mass is 352 g/mol. The second-order valence-corrected chi connectivity index (χ2v) is 6.98. The summed E-state index contributed by atoms with van der Waals surface area (Å²) < 4.78 is 0. The molecule has 26 heavy (non-hydrogen) atoms. The molecule has 4 heteroatoms. The van der Waals surface area contributed by atoms with Crippen molar-refractivity contribution < 1.29 is 9.59 Å². The van der Waals surface area contributed by atoms with Crippen LogP contribution in [0.25, 0.3) is 0 Å². The number of carbonyl (C=O) groups is 2. The highest BCUT2D eigenvalue weighted by Crippen LogP contribution is 2.12. The van der Waals surface area contributed by atoms with Gasteiger partial charge in [0.2, 0.25) is 11.8 Å². The topological polar surface area (TPSA) is 49.4 Å². The quantitative estimate of drug-likeness (QED) is 0.791. The lowest BCUT2D eigenvalue weighted by Gasteiger charge is -2.29. The summed E-state index contributed by atoms with van der Waals surface area (Å²) in [7, 11) is 0. The Hall–Kier alpha value is -2.62. The van der Waals surface area contributed by atoms with Gasteiger partial charge in [0, 0.05) is 13.1 Å². The molecule has 2 amide bonds. The Labute approximate surface area is 156 Å². The zero-order chi connectivity index (χ0) is 18.9. The van der Waals surface area contributed by atoms with Gasteiger partial charge in [-0.15, -0.1) is 0 Å². The molecule has 0 unspecified atom stereocenters. The Morgan fingerprint density at radius 1 is 0.885 bits per heavy atom. The van der Waals surface area contributed by atoms with E-state index in [1.165, 1.54) is 0 Å². The number of benzene rings is 2. The second kappa shape index (κ2) is 9.76. The smallest absolute Gasteiger partial charge is 0.242 e. The highest BCUT2D eigenvalue weighted by molar-refractivity contribution is 5.88. The molecule has 2 aromatic carbocycles. The van der Waals surface area contributed by atoms with Crippen LogP contribution in [0.5, 0.6) is 0 Å². The minimum Gasteiger partial charge on any atom is -0.354 e. The summed E-state index contributed by atoms with van der Waals surface area (Å²) in [6.07, 6.45) is 0.287.